The van der Waals surface area contributed by atoms with Gasteiger partial charge in [0, 0.05) is 71.2 Å². The molecule has 0 aliphatic heterocycles. The van der Waals surface area contributed by atoms with Crippen LogP contribution in [0.15, 0.2) is 134 Å². The van der Waals surface area contributed by atoms with Crippen molar-refractivity contribution >= 4 is 32.8 Å². The second-order valence-electron chi connectivity index (χ2n) is 16.7. The summed E-state index contributed by atoms with van der Waals surface area (Å²) in [6.45, 7) is 13.2. The number of pyridine rings is 2. The predicted octanol–water partition coefficient (Wildman–Crippen LogP) is 11.3. The van der Waals surface area contributed by atoms with Crippen LogP contribution in [0.5, 0.6) is 23.0 Å². The van der Waals surface area contributed by atoms with E-state index in [2.05, 4.69) is 122 Å². The molecule has 0 saturated heterocycles. The summed E-state index contributed by atoms with van der Waals surface area (Å²) in [5, 5.41) is 10.6. The molecule has 0 atom stereocenters. The topological polar surface area (TPSA) is 89.7 Å². The zero-order valence-corrected chi connectivity index (χ0v) is 39.3. The van der Waals surface area contributed by atoms with Crippen molar-refractivity contribution in [1.29, 1.82) is 0 Å². The van der Waals surface area contributed by atoms with Crippen LogP contribution in [0.1, 0.15) is 52.7 Å². The first-order chi connectivity index (χ1) is 29.0. The van der Waals surface area contributed by atoms with Gasteiger partial charge in [-0.05, 0) is 69.7 Å². The SMILES string of the molecule is CC(C)(C)c1ccnc(-n2c3[c-]c(Oc4[c-]c(-n5cccn5)ccc4)ccc3c3c2c2ccc(Oc4[c-]c(-n5cccn5)ccc4)[c-]c2n3-c2cc(C(C)(C)C)ccn2)c1.[Pt+2].[Pt+2]. The summed E-state index contributed by atoms with van der Waals surface area (Å²) < 4.78 is 20.8. The van der Waals surface area contributed by atoms with Crippen LogP contribution in [-0.4, -0.2) is 38.7 Å². The summed E-state index contributed by atoms with van der Waals surface area (Å²) in [7, 11) is 0. The Morgan fingerprint density at radius 2 is 0.887 bits per heavy atom. The van der Waals surface area contributed by atoms with Gasteiger partial charge in [-0.3, -0.25) is 9.36 Å². The normalized spacial score (nSPS) is 11.8. The quantitative estimate of drug-likeness (QED) is 0.141. The molecule has 0 bridgehead atoms. The van der Waals surface area contributed by atoms with Crippen molar-refractivity contribution in [3.8, 4) is 46.0 Å². The zero-order valence-electron chi connectivity index (χ0n) is 34.7. The molecule has 10 rings (SSSR count). The maximum Gasteiger partial charge on any atom is 2.00 e. The van der Waals surface area contributed by atoms with Crippen LogP contribution in [0, 0.1) is 24.3 Å². The Morgan fingerprint density at radius 1 is 0.468 bits per heavy atom. The molecular formula is C50H40N8O2Pt2. The fourth-order valence-electron chi connectivity index (χ4n) is 7.50. The number of hydrogen-bond acceptors (Lipinski definition) is 6. The molecule has 0 unspecified atom stereocenters. The number of hydrogen-bond donors (Lipinski definition) is 0. The van der Waals surface area contributed by atoms with Crippen LogP contribution in [0.4, 0.5) is 0 Å². The minimum Gasteiger partial charge on any atom is -0.509 e. The first kappa shape index (κ1) is 42.6. The van der Waals surface area contributed by atoms with E-state index in [0.717, 1.165) is 67.0 Å². The van der Waals surface area contributed by atoms with Gasteiger partial charge in [0.25, 0.3) is 0 Å². The van der Waals surface area contributed by atoms with Crippen molar-refractivity contribution in [2.75, 3.05) is 0 Å². The van der Waals surface area contributed by atoms with E-state index in [9.17, 15) is 0 Å². The number of ether oxygens (including phenoxy) is 2. The van der Waals surface area contributed by atoms with Gasteiger partial charge in [-0.1, -0.05) is 63.3 Å². The maximum absolute atomic E-state index is 6.49. The molecule has 4 aromatic carbocycles. The van der Waals surface area contributed by atoms with E-state index in [-0.39, 0.29) is 53.0 Å². The van der Waals surface area contributed by atoms with E-state index < -0.39 is 0 Å². The van der Waals surface area contributed by atoms with Gasteiger partial charge in [0.05, 0.1) is 0 Å². The number of aromatic nitrogens is 8. The summed E-state index contributed by atoms with van der Waals surface area (Å²) in [5.74, 6) is 3.66. The second-order valence-corrected chi connectivity index (χ2v) is 16.7. The number of nitrogens with zero attached hydrogens (tertiary/aromatic N) is 8. The smallest absolute Gasteiger partial charge is 0.509 e. The zero-order chi connectivity index (χ0) is 41.2. The Hall–Kier alpha value is -6.08. The van der Waals surface area contributed by atoms with E-state index in [1.807, 2.05) is 85.5 Å². The molecule has 0 saturated carbocycles. The molecular weight excluding hydrogens is 1130 g/mol. The van der Waals surface area contributed by atoms with Gasteiger partial charge in [-0.2, -0.15) is 34.5 Å². The second kappa shape index (κ2) is 16.7. The Labute approximate surface area is 388 Å². The van der Waals surface area contributed by atoms with Crippen molar-refractivity contribution in [3.63, 3.8) is 0 Å². The molecule has 0 aliphatic carbocycles. The molecule has 10 aromatic rings. The van der Waals surface area contributed by atoms with E-state index >= 15 is 0 Å². The predicted molar refractivity (Wildman–Crippen MR) is 233 cm³/mol. The van der Waals surface area contributed by atoms with Crippen molar-refractivity contribution in [2.45, 2.75) is 52.4 Å². The molecule has 0 aliphatic rings. The van der Waals surface area contributed by atoms with Crippen molar-refractivity contribution in [3.05, 3.63) is 170 Å². The maximum atomic E-state index is 6.49. The summed E-state index contributed by atoms with van der Waals surface area (Å²) >= 11 is 0. The molecule has 12 heteroatoms. The molecule has 0 radical (unpaired) electrons. The molecule has 312 valence electrons. The van der Waals surface area contributed by atoms with E-state index in [4.69, 9.17) is 19.4 Å². The third-order valence-corrected chi connectivity index (χ3v) is 10.6. The fourth-order valence-corrected chi connectivity index (χ4v) is 7.50. The summed E-state index contributed by atoms with van der Waals surface area (Å²) in [6.07, 6.45) is 11.0. The van der Waals surface area contributed by atoms with Crippen LogP contribution in [0.3, 0.4) is 0 Å². The van der Waals surface area contributed by atoms with Gasteiger partial charge in [0.2, 0.25) is 0 Å². The molecule has 0 amide bonds. The molecule has 62 heavy (non-hydrogen) atoms. The fraction of sp³-hybridized carbons (Fsp3) is 0.160. The van der Waals surface area contributed by atoms with Crippen molar-refractivity contribution in [1.82, 2.24) is 38.7 Å². The number of benzene rings is 4. The molecule has 6 aromatic heterocycles. The van der Waals surface area contributed by atoms with Gasteiger partial charge < -0.3 is 18.6 Å². The van der Waals surface area contributed by atoms with E-state index in [1.54, 1.807) is 21.8 Å². The van der Waals surface area contributed by atoms with Gasteiger partial charge >= 0.3 is 42.1 Å². The van der Waals surface area contributed by atoms with Crippen molar-refractivity contribution in [2.24, 2.45) is 0 Å². The summed E-state index contributed by atoms with van der Waals surface area (Å²) in [6, 6.07) is 45.8. The van der Waals surface area contributed by atoms with Gasteiger partial charge in [-0.15, -0.1) is 60.7 Å². The van der Waals surface area contributed by atoms with Crippen LogP contribution in [0.25, 0.3) is 55.8 Å². The standard InChI is InChI=1S/C50H40N8O2.2Pt/c1-49(2,3)33-19-23-51-45(27-33)57-43-31-39(59-37-13-7-11-35(29-37)55-25-9-21-53-55)15-17-41(43)48-47(57)42-18-16-40(60-38-14-8-12-36(30-38)56-26-10-22-54-56)32-44(42)58(48)46-28-34(20-24-52-46)50(4,5)6;;/h7-28H,1-6H3;;/q-4;2*+2. The summed E-state index contributed by atoms with van der Waals surface area (Å²) in [5.41, 5.74) is 7.05. The van der Waals surface area contributed by atoms with Crippen molar-refractivity contribution < 1.29 is 51.6 Å². The average molecular weight is 1180 g/mol. The number of rotatable bonds is 8. The molecule has 0 N–H and O–H groups in total. The Kier molecular flexibility index (Phi) is 11.4. The minimum absolute atomic E-state index is 0. The third-order valence-electron chi connectivity index (χ3n) is 10.6. The number of fused-ring (bicyclic) bond motifs is 5. The third kappa shape index (κ3) is 7.94. The van der Waals surface area contributed by atoms with Crippen LogP contribution in [-0.2, 0) is 53.0 Å². The Morgan fingerprint density at radius 3 is 1.27 bits per heavy atom. The average Bonchev–Trinajstić information content (AvgIpc) is 4.07. The van der Waals surface area contributed by atoms with Crippen LogP contribution >= 0.6 is 0 Å². The van der Waals surface area contributed by atoms with E-state index in [1.165, 1.54) is 0 Å². The molecule has 10 nitrogen and oxygen atoms in total. The van der Waals surface area contributed by atoms with Gasteiger partial charge in [0.15, 0.2) is 0 Å². The Bertz CT molecular complexity index is 2980. The molecule has 0 fully saturated rings. The van der Waals surface area contributed by atoms with Gasteiger partial charge in [0.1, 0.15) is 11.6 Å². The largest absolute Gasteiger partial charge is 2.00 e. The first-order valence-corrected chi connectivity index (χ1v) is 19.8. The molecule has 6 heterocycles. The van der Waals surface area contributed by atoms with Gasteiger partial charge in [-0.25, -0.2) is 9.97 Å². The minimum atomic E-state index is -0.121. The van der Waals surface area contributed by atoms with Crippen LogP contribution in [0.2, 0.25) is 0 Å². The summed E-state index contributed by atoms with van der Waals surface area (Å²) in [4.78, 5) is 10.0. The van der Waals surface area contributed by atoms with Crippen LogP contribution < -0.4 is 9.47 Å². The Balaban J connectivity index is 0.00000264. The van der Waals surface area contributed by atoms with E-state index in [0.29, 0.717) is 23.0 Å². The monoisotopic (exact) mass is 1170 g/mol. The molecule has 0 spiro atoms. The first-order valence-electron chi connectivity index (χ1n) is 19.8.